The van der Waals surface area contributed by atoms with E-state index >= 15 is 0 Å². The Morgan fingerprint density at radius 2 is 2.11 bits per heavy atom. The van der Waals surface area contributed by atoms with Gasteiger partial charge in [0.1, 0.15) is 0 Å². The van der Waals surface area contributed by atoms with Crippen molar-refractivity contribution in [3.05, 3.63) is 30.5 Å². The number of nitrogens with two attached hydrogens (primary N) is 1. The zero-order valence-corrected chi connectivity index (χ0v) is 11.8. The lowest BCUT2D eigenvalue weighted by Gasteiger charge is -2.16. The van der Waals surface area contributed by atoms with Crippen molar-refractivity contribution in [1.82, 2.24) is 4.98 Å². The Morgan fingerprint density at radius 1 is 1.26 bits per heavy atom. The molecule has 3 N–H and O–H groups in total. The molecule has 0 saturated heterocycles. The summed E-state index contributed by atoms with van der Waals surface area (Å²) in [6.07, 6.45) is 6.89. The maximum atomic E-state index is 5.80. The fourth-order valence-corrected chi connectivity index (χ4v) is 2.33. The van der Waals surface area contributed by atoms with Crippen LogP contribution in [-0.4, -0.2) is 11.0 Å². The van der Waals surface area contributed by atoms with Gasteiger partial charge in [-0.05, 0) is 37.6 Å². The highest BCUT2D eigenvalue weighted by molar-refractivity contribution is 5.92. The van der Waals surface area contributed by atoms with E-state index in [9.17, 15) is 0 Å². The second-order valence-electron chi connectivity index (χ2n) is 5.18. The number of rotatable bonds is 6. The van der Waals surface area contributed by atoms with Crippen molar-refractivity contribution in [3.8, 4) is 0 Å². The number of pyridine rings is 1. The van der Waals surface area contributed by atoms with Crippen molar-refractivity contribution in [2.75, 3.05) is 11.1 Å². The number of hydrogen-bond donors (Lipinski definition) is 2. The molecule has 2 aromatic rings. The molecule has 1 atom stereocenters. The van der Waals surface area contributed by atoms with Crippen LogP contribution in [0.2, 0.25) is 0 Å². The van der Waals surface area contributed by atoms with E-state index in [0.29, 0.717) is 6.04 Å². The molecule has 0 aliphatic rings. The first-order chi connectivity index (χ1) is 9.20. The third-order valence-corrected chi connectivity index (χ3v) is 3.41. The highest BCUT2D eigenvalue weighted by atomic mass is 14.9. The standard InChI is InChI=1S/C16H23N3/c1-3-4-5-6-12(2)19-15-9-10-18-16-11-13(17)7-8-14(15)16/h7-12H,3-6,17H2,1-2H3,(H,18,19). The summed E-state index contributed by atoms with van der Waals surface area (Å²) in [5, 5.41) is 4.72. The molecule has 102 valence electrons. The van der Waals surface area contributed by atoms with E-state index in [0.717, 1.165) is 22.3 Å². The van der Waals surface area contributed by atoms with Gasteiger partial charge in [0, 0.05) is 29.0 Å². The number of nitrogens with one attached hydrogen (secondary N) is 1. The lowest BCUT2D eigenvalue weighted by molar-refractivity contribution is 0.615. The van der Waals surface area contributed by atoms with E-state index in [1.807, 2.05) is 30.5 Å². The number of nitrogen functional groups attached to an aromatic ring is 1. The zero-order chi connectivity index (χ0) is 13.7. The first-order valence-electron chi connectivity index (χ1n) is 7.11. The second-order valence-corrected chi connectivity index (χ2v) is 5.18. The van der Waals surface area contributed by atoms with Crippen molar-refractivity contribution >= 4 is 22.3 Å². The molecule has 0 aliphatic heterocycles. The van der Waals surface area contributed by atoms with E-state index in [2.05, 4.69) is 24.1 Å². The molecule has 0 bridgehead atoms. The highest BCUT2D eigenvalue weighted by Crippen LogP contribution is 2.24. The maximum Gasteiger partial charge on any atom is 0.0743 e. The fraction of sp³-hybridized carbons (Fsp3) is 0.438. The van der Waals surface area contributed by atoms with Gasteiger partial charge in [0.05, 0.1) is 5.52 Å². The van der Waals surface area contributed by atoms with Crippen LogP contribution in [0.3, 0.4) is 0 Å². The molecule has 19 heavy (non-hydrogen) atoms. The van der Waals surface area contributed by atoms with Crippen LogP contribution in [0.1, 0.15) is 39.5 Å². The minimum absolute atomic E-state index is 0.481. The molecular formula is C16H23N3. The molecule has 3 heteroatoms. The molecule has 1 aromatic carbocycles. The molecule has 0 fully saturated rings. The number of aromatic nitrogens is 1. The van der Waals surface area contributed by atoms with Gasteiger partial charge < -0.3 is 11.1 Å². The predicted octanol–water partition coefficient (Wildman–Crippen LogP) is 4.20. The first-order valence-corrected chi connectivity index (χ1v) is 7.11. The van der Waals surface area contributed by atoms with Crippen molar-refractivity contribution in [2.24, 2.45) is 0 Å². The molecule has 2 rings (SSSR count). The summed E-state index contributed by atoms with van der Waals surface area (Å²) in [6.45, 7) is 4.47. The highest BCUT2D eigenvalue weighted by Gasteiger charge is 2.06. The Kier molecular flexibility index (Phi) is 4.61. The van der Waals surface area contributed by atoms with Crippen LogP contribution >= 0.6 is 0 Å². The third-order valence-electron chi connectivity index (χ3n) is 3.41. The molecule has 0 saturated carbocycles. The minimum Gasteiger partial charge on any atom is -0.399 e. The van der Waals surface area contributed by atoms with Crippen molar-refractivity contribution in [2.45, 2.75) is 45.6 Å². The zero-order valence-electron chi connectivity index (χ0n) is 11.8. The number of benzene rings is 1. The fourth-order valence-electron chi connectivity index (χ4n) is 2.33. The smallest absolute Gasteiger partial charge is 0.0743 e. The second kappa shape index (κ2) is 6.41. The minimum atomic E-state index is 0.481. The van der Waals surface area contributed by atoms with Gasteiger partial charge in [-0.3, -0.25) is 4.98 Å². The third kappa shape index (κ3) is 3.60. The Hall–Kier alpha value is -1.77. The maximum absolute atomic E-state index is 5.80. The monoisotopic (exact) mass is 257 g/mol. The Morgan fingerprint density at radius 3 is 2.89 bits per heavy atom. The molecule has 0 spiro atoms. The van der Waals surface area contributed by atoms with Crippen LogP contribution in [0.4, 0.5) is 11.4 Å². The van der Waals surface area contributed by atoms with Gasteiger partial charge in [-0.1, -0.05) is 26.2 Å². The number of unbranched alkanes of at least 4 members (excludes halogenated alkanes) is 2. The van der Waals surface area contributed by atoms with Crippen LogP contribution in [0.15, 0.2) is 30.5 Å². The Bertz CT molecular complexity index is 537. The van der Waals surface area contributed by atoms with Crippen LogP contribution < -0.4 is 11.1 Å². The number of anilines is 2. The number of nitrogens with zero attached hydrogens (tertiary/aromatic N) is 1. The topological polar surface area (TPSA) is 50.9 Å². The molecule has 0 amide bonds. The van der Waals surface area contributed by atoms with Gasteiger partial charge in [0.2, 0.25) is 0 Å². The molecular weight excluding hydrogens is 234 g/mol. The molecule has 1 heterocycles. The van der Waals surface area contributed by atoms with Crippen LogP contribution in [0, 0.1) is 0 Å². The van der Waals surface area contributed by atoms with Crippen molar-refractivity contribution in [1.29, 1.82) is 0 Å². The lowest BCUT2D eigenvalue weighted by atomic mass is 10.1. The van der Waals surface area contributed by atoms with Gasteiger partial charge in [0.15, 0.2) is 0 Å². The average Bonchev–Trinajstić information content (AvgIpc) is 2.39. The van der Waals surface area contributed by atoms with E-state index in [1.165, 1.54) is 25.7 Å². The molecule has 0 radical (unpaired) electrons. The quantitative estimate of drug-likeness (QED) is 0.602. The van der Waals surface area contributed by atoms with Gasteiger partial charge >= 0.3 is 0 Å². The van der Waals surface area contributed by atoms with Gasteiger partial charge in [-0.25, -0.2) is 0 Å². The summed E-state index contributed by atoms with van der Waals surface area (Å²) in [5.74, 6) is 0. The number of hydrogen-bond acceptors (Lipinski definition) is 3. The SMILES string of the molecule is CCCCCC(C)Nc1ccnc2cc(N)ccc12. The first kappa shape index (κ1) is 13.7. The largest absolute Gasteiger partial charge is 0.399 e. The number of fused-ring (bicyclic) bond motifs is 1. The molecule has 3 nitrogen and oxygen atoms in total. The summed E-state index contributed by atoms with van der Waals surface area (Å²) in [6, 6.07) is 8.40. The Labute approximate surface area is 115 Å². The predicted molar refractivity (Wildman–Crippen MR) is 83.4 cm³/mol. The molecule has 0 aliphatic carbocycles. The summed E-state index contributed by atoms with van der Waals surface area (Å²) in [4.78, 5) is 4.37. The molecule has 1 unspecified atom stereocenters. The van der Waals surface area contributed by atoms with Crippen molar-refractivity contribution < 1.29 is 0 Å². The van der Waals surface area contributed by atoms with Gasteiger partial charge in [-0.15, -0.1) is 0 Å². The summed E-state index contributed by atoms with van der Waals surface area (Å²) in [5.41, 5.74) is 8.65. The van der Waals surface area contributed by atoms with E-state index in [4.69, 9.17) is 5.73 Å². The van der Waals surface area contributed by atoms with E-state index < -0.39 is 0 Å². The molecule has 1 aromatic heterocycles. The lowest BCUT2D eigenvalue weighted by Crippen LogP contribution is -2.15. The van der Waals surface area contributed by atoms with E-state index in [1.54, 1.807) is 0 Å². The van der Waals surface area contributed by atoms with Crippen LogP contribution in [-0.2, 0) is 0 Å². The van der Waals surface area contributed by atoms with Gasteiger partial charge in [0.25, 0.3) is 0 Å². The summed E-state index contributed by atoms with van der Waals surface area (Å²) >= 11 is 0. The van der Waals surface area contributed by atoms with Crippen LogP contribution in [0.5, 0.6) is 0 Å². The summed E-state index contributed by atoms with van der Waals surface area (Å²) < 4.78 is 0. The van der Waals surface area contributed by atoms with E-state index in [-0.39, 0.29) is 0 Å². The van der Waals surface area contributed by atoms with Gasteiger partial charge in [-0.2, -0.15) is 0 Å². The average molecular weight is 257 g/mol. The summed E-state index contributed by atoms with van der Waals surface area (Å²) in [7, 11) is 0. The Balaban J connectivity index is 2.12. The normalized spacial score (nSPS) is 12.5. The van der Waals surface area contributed by atoms with Crippen molar-refractivity contribution in [3.63, 3.8) is 0 Å². The van der Waals surface area contributed by atoms with Crippen LogP contribution in [0.25, 0.3) is 10.9 Å².